The first-order chi connectivity index (χ1) is 18.2. The number of nitrogens with zero attached hydrogens (tertiary/aromatic N) is 5. The van der Waals surface area contributed by atoms with Gasteiger partial charge < -0.3 is 11.1 Å². The van der Waals surface area contributed by atoms with Crippen molar-refractivity contribution in [2.75, 3.05) is 5.32 Å². The van der Waals surface area contributed by atoms with Gasteiger partial charge in [-0.1, -0.05) is 0 Å². The molecule has 0 radical (unpaired) electrons. The zero-order chi connectivity index (χ0) is 28.8. The van der Waals surface area contributed by atoms with Gasteiger partial charge >= 0.3 is 6.18 Å². The van der Waals surface area contributed by atoms with E-state index in [0.717, 1.165) is 16.0 Å². The molecule has 9 nitrogen and oxygen atoms in total. The van der Waals surface area contributed by atoms with Crippen LogP contribution in [0.4, 0.5) is 27.6 Å². The molecule has 0 saturated carbocycles. The van der Waals surface area contributed by atoms with Crippen LogP contribution in [-0.2, 0) is 24.1 Å². The van der Waals surface area contributed by atoms with Crippen molar-refractivity contribution < 1.29 is 31.5 Å². The number of hydrogen-bond donors (Lipinski definition) is 2. The van der Waals surface area contributed by atoms with Crippen LogP contribution in [0.3, 0.4) is 0 Å². The molecule has 0 unspecified atom stereocenters. The van der Waals surface area contributed by atoms with Crippen LogP contribution in [0.1, 0.15) is 52.2 Å². The molecule has 0 atom stereocenters. The van der Waals surface area contributed by atoms with Crippen molar-refractivity contribution in [3.8, 4) is 11.1 Å². The fourth-order valence-corrected chi connectivity index (χ4v) is 5.53. The molecule has 0 aliphatic heterocycles. The molecule has 4 aromatic rings. The van der Waals surface area contributed by atoms with E-state index >= 15 is 0 Å². The Labute approximate surface area is 230 Å². The van der Waals surface area contributed by atoms with Crippen LogP contribution in [0.15, 0.2) is 16.7 Å². The normalized spacial score (nSPS) is 12.1. The number of halogens is 6. The number of hydrogen-bond acceptors (Lipinski definition) is 6. The minimum absolute atomic E-state index is 0.0196. The number of pyridine rings is 1. The Hall–Kier alpha value is -3.40. The lowest BCUT2D eigenvalue weighted by atomic mass is 10.0. The Morgan fingerprint density at radius 2 is 1.90 bits per heavy atom. The summed E-state index contributed by atoms with van der Waals surface area (Å²) in [6.07, 6.45) is -6.26. The predicted octanol–water partition coefficient (Wildman–Crippen LogP) is 5.84. The summed E-state index contributed by atoms with van der Waals surface area (Å²) in [7, 11) is 0. The van der Waals surface area contributed by atoms with Crippen molar-refractivity contribution in [2.24, 2.45) is 5.73 Å². The lowest BCUT2D eigenvalue weighted by Gasteiger charge is -2.11. The number of alkyl halides is 5. The first-order valence-electron chi connectivity index (χ1n) is 11.4. The van der Waals surface area contributed by atoms with Crippen molar-refractivity contribution in [3.63, 3.8) is 0 Å². The summed E-state index contributed by atoms with van der Waals surface area (Å²) in [5.41, 5.74) is 5.33. The molecule has 4 rings (SSSR count). The Bertz CT molecular complexity index is 1590. The lowest BCUT2D eigenvalue weighted by Crippen LogP contribution is -2.19. The van der Waals surface area contributed by atoms with Crippen LogP contribution in [0.5, 0.6) is 0 Å². The maximum Gasteiger partial charge on any atom is 0.436 e. The molecule has 4 aromatic heterocycles. The van der Waals surface area contributed by atoms with Crippen molar-refractivity contribution in [2.45, 2.75) is 52.9 Å². The van der Waals surface area contributed by atoms with Gasteiger partial charge in [-0.2, -0.15) is 23.4 Å². The number of carbonyl (C=O) groups is 2. The summed E-state index contributed by atoms with van der Waals surface area (Å²) in [5, 5.41) is 10.7. The van der Waals surface area contributed by atoms with E-state index in [1.165, 1.54) is 13.0 Å². The zero-order valence-corrected chi connectivity index (χ0v) is 23.1. The number of aryl methyl sites for hydroxylation is 3. The molecule has 0 spiro atoms. The van der Waals surface area contributed by atoms with Crippen LogP contribution in [0, 0.1) is 13.8 Å². The molecule has 0 aliphatic rings. The molecule has 0 fully saturated rings. The second kappa shape index (κ2) is 10.6. The Kier molecular flexibility index (Phi) is 7.80. The number of carbonyl (C=O) groups excluding carboxylic acids is 2. The second-order valence-electron chi connectivity index (χ2n) is 8.50. The minimum atomic E-state index is -4.69. The van der Waals surface area contributed by atoms with Crippen LogP contribution in [-0.4, -0.2) is 36.4 Å². The maximum atomic E-state index is 13.7. The van der Waals surface area contributed by atoms with Crippen molar-refractivity contribution in [1.82, 2.24) is 24.5 Å². The molecule has 39 heavy (non-hydrogen) atoms. The fraction of sp³-hybridized carbons (Fsp3) is 0.348. The average Bonchev–Trinajstić information content (AvgIpc) is 3.50. The van der Waals surface area contributed by atoms with Gasteiger partial charge in [0.15, 0.2) is 5.69 Å². The lowest BCUT2D eigenvalue weighted by molar-refractivity contribution is -0.142. The average molecular weight is 634 g/mol. The molecule has 208 valence electrons. The molecule has 4 heterocycles. The third kappa shape index (κ3) is 5.52. The highest BCUT2D eigenvalue weighted by Crippen LogP contribution is 2.43. The first kappa shape index (κ1) is 28.6. The van der Waals surface area contributed by atoms with Gasteiger partial charge in [-0.15, -0.1) is 11.3 Å². The van der Waals surface area contributed by atoms with E-state index in [-0.39, 0.29) is 49.5 Å². The smallest absolute Gasteiger partial charge is 0.365 e. The van der Waals surface area contributed by atoms with E-state index < -0.39 is 35.8 Å². The van der Waals surface area contributed by atoms with E-state index in [9.17, 15) is 31.5 Å². The van der Waals surface area contributed by atoms with Crippen LogP contribution in [0.25, 0.3) is 21.3 Å². The number of nitrogens with one attached hydrogen (secondary N) is 1. The van der Waals surface area contributed by atoms with Gasteiger partial charge in [-0.05, 0) is 48.3 Å². The summed E-state index contributed by atoms with van der Waals surface area (Å²) >= 11 is 3.63. The first-order valence-corrected chi connectivity index (χ1v) is 13.0. The van der Waals surface area contributed by atoms with E-state index in [0.29, 0.717) is 17.8 Å². The molecule has 0 bridgehead atoms. The highest BCUT2D eigenvalue weighted by atomic mass is 79.9. The number of thiophene rings is 1. The molecule has 0 aromatic carbocycles. The second-order valence-corrected chi connectivity index (χ2v) is 10.3. The van der Waals surface area contributed by atoms with Crippen LogP contribution in [0.2, 0.25) is 0 Å². The minimum Gasteiger partial charge on any atom is -0.365 e. The van der Waals surface area contributed by atoms with E-state index in [4.69, 9.17) is 5.73 Å². The van der Waals surface area contributed by atoms with E-state index in [1.807, 2.05) is 6.92 Å². The van der Waals surface area contributed by atoms with Gasteiger partial charge in [0, 0.05) is 30.1 Å². The van der Waals surface area contributed by atoms with E-state index in [2.05, 4.69) is 36.4 Å². The summed E-state index contributed by atoms with van der Waals surface area (Å²) in [5.74, 6) is -1.58. The standard InChI is InChI=1S/C23H21BrF5N7O2S/c1-4-35-8-12(9(2)33-35)11-7-13(20(25)26)31-22-15(11)17(18(39-22)21(30)38)32-14(37)5-6-36-10(3)16(24)19(34-36)23(27,28)29/h7-8,20H,4-6H2,1-3H3,(H2,30,38)(H,32,37). The van der Waals surface area contributed by atoms with Gasteiger partial charge in [0.1, 0.15) is 15.4 Å². The molecule has 3 N–H and O–H groups in total. The summed E-state index contributed by atoms with van der Waals surface area (Å²) < 4.78 is 69.4. The van der Waals surface area contributed by atoms with Gasteiger partial charge in [0.25, 0.3) is 12.3 Å². The zero-order valence-electron chi connectivity index (χ0n) is 20.7. The third-order valence-electron chi connectivity index (χ3n) is 5.91. The number of fused-ring (bicyclic) bond motifs is 1. The van der Waals surface area contributed by atoms with Crippen LogP contribution < -0.4 is 11.1 Å². The maximum absolute atomic E-state index is 13.7. The number of anilines is 1. The molecule has 2 amide bonds. The van der Waals surface area contributed by atoms with E-state index in [1.54, 1.807) is 17.8 Å². The highest BCUT2D eigenvalue weighted by Gasteiger charge is 2.38. The molecule has 16 heteroatoms. The van der Waals surface area contributed by atoms with Gasteiger partial charge in [0.05, 0.1) is 28.1 Å². The monoisotopic (exact) mass is 633 g/mol. The van der Waals surface area contributed by atoms with Crippen LogP contribution >= 0.6 is 27.3 Å². The SMILES string of the molecule is CCn1cc(-c2cc(C(F)F)nc3sc(C(N)=O)c(NC(=O)CCn4nc(C(F)(F)F)c(Br)c4C)c23)c(C)n1. The molecular formula is C23H21BrF5N7O2S. The topological polar surface area (TPSA) is 121 Å². The number of primary amides is 1. The molecular weight excluding hydrogens is 613 g/mol. The largest absolute Gasteiger partial charge is 0.436 e. The molecule has 0 saturated heterocycles. The van der Waals surface area contributed by atoms with Gasteiger partial charge in [-0.25, -0.2) is 13.8 Å². The Morgan fingerprint density at radius 1 is 1.21 bits per heavy atom. The Balaban J connectivity index is 1.76. The number of rotatable bonds is 8. The highest BCUT2D eigenvalue weighted by molar-refractivity contribution is 9.10. The van der Waals surface area contributed by atoms with Gasteiger partial charge in [-0.3, -0.25) is 19.0 Å². The summed E-state index contributed by atoms with van der Waals surface area (Å²) in [6.45, 7) is 5.26. The van der Waals surface area contributed by atoms with Gasteiger partial charge in [0.2, 0.25) is 5.91 Å². The number of nitrogens with two attached hydrogens (primary N) is 1. The molecule has 0 aliphatic carbocycles. The Morgan fingerprint density at radius 3 is 2.44 bits per heavy atom. The quantitative estimate of drug-likeness (QED) is 0.236. The third-order valence-corrected chi connectivity index (χ3v) is 7.95. The number of aromatic nitrogens is 5. The summed E-state index contributed by atoms with van der Waals surface area (Å²) in [6, 6.07) is 1.17. The van der Waals surface area contributed by atoms with Crippen molar-refractivity contribution >= 4 is 55.0 Å². The fourth-order valence-electron chi connectivity index (χ4n) is 4.01. The summed E-state index contributed by atoms with van der Waals surface area (Å²) in [4.78, 5) is 29.2. The number of amides is 2. The van der Waals surface area contributed by atoms with Crippen molar-refractivity contribution in [3.05, 3.63) is 44.4 Å². The predicted molar refractivity (Wildman–Crippen MR) is 138 cm³/mol. The van der Waals surface area contributed by atoms with Crippen molar-refractivity contribution in [1.29, 1.82) is 0 Å².